The summed E-state index contributed by atoms with van der Waals surface area (Å²) in [6, 6.07) is 10.5. The first-order valence-electron chi connectivity index (χ1n) is 6.02. The van der Waals surface area contributed by atoms with Gasteiger partial charge in [0.15, 0.2) is 0 Å². The number of hydrogen-bond acceptors (Lipinski definition) is 6. The fourth-order valence-corrected chi connectivity index (χ4v) is 1.64. The van der Waals surface area contributed by atoms with Crippen molar-refractivity contribution in [3.8, 4) is 6.01 Å². The molecule has 0 saturated carbocycles. The summed E-state index contributed by atoms with van der Waals surface area (Å²) >= 11 is 0. The topological polar surface area (TPSA) is 72.0 Å². The third-order valence-electron chi connectivity index (χ3n) is 2.67. The van der Waals surface area contributed by atoms with E-state index in [-0.39, 0.29) is 12.1 Å². The zero-order chi connectivity index (χ0) is 13.7. The Kier molecular flexibility index (Phi) is 4.12. The van der Waals surface area contributed by atoms with Crippen molar-refractivity contribution in [3.63, 3.8) is 0 Å². The number of nitrogens with one attached hydrogen (secondary N) is 2. The molecule has 6 heteroatoms. The van der Waals surface area contributed by atoms with Crippen LogP contribution in [0, 0.1) is 0 Å². The highest BCUT2D eigenvalue weighted by molar-refractivity contribution is 5.37. The molecule has 1 atom stereocenters. The molecule has 6 nitrogen and oxygen atoms in total. The summed E-state index contributed by atoms with van der Waals surface area (Å²) in [6.07, 6.45) is 0. The normalized spacial score (nSPS) is 11.7. The number of benzene rings is 1. The summed E-state index contributed by atoms with van der Waals surface area (Å²) in [4.78, 5) is 12.5. The monoisotopic (exact) mass is 259 g/mol. The number of anilines is 2. The fraction of sp³-hybridized carbons (Fsp3) is 0.308. The highest BCUT2D eigenvalue weighted by Gasteiger charge is 2.09. The Bertz CT molecular complexity index is 510. The van der Waals surface area contributed by atoms with E-state index >= 15 is 0 Å². The van der Waals surface area contributed by atoms with Crippen molar-refractivity contribution in [2.75, 3.05) is 24.8 Å². The third-order valence-corrected chi connectivity index (χ3v) is 2.67. The molecule has 2 rings (SSSR count). The van der Waals surface area contributed by atoms with Gasteiger partial charge in [-0.25, -0.2) is 0 Å². The van der Waals surface area contributed by atoms with E-state index in [0.717, 1.165) is 5.56 Å². The summed E-state index contributed by atoms with van der Waals surface area (Å²) in [5.74, 6) is 0.946. The highest BCUT2D eigenvalue weighted by Crippen LogP contribution is 2.18. The molecule has 19 heavy (non-hydrogen) atoms. The van der Waals surface area contributed by atoms with Crippen LogP contribution in [-0.2, 0) is 0 Å². The van der Waals surface area contributed by atoms with Crippen LogP contribution in [0.25, 0.3) is 0 Å². The summed E-state index contributed by atoms with van der Waals surface area (Å²) in [6.45, 7) is 2.05. The molecule has 2 aromatic rings. The van der Waals surface area contributed by atoms with Crippen molar-refractivity contribution in [2.24, 2.45) is 0 Å². The maximum atomic E-state index is 5.04. The molecule has 0 bridgehead atoms. The zero-order valence-electron chi connectivity index (χ0n) is 11.2. The van der Waals surface area contributed by atoms with Crippen LogP contribution in [0.2, 0.25) is 0 Å². The maximum absolute atomic E-state index is 5.04. The Balaban J connectivity index is 2.18. The van der Waals surface area contributed by atoms with Crippen molar-refractivity contribution >= 4 is 11.9 Å². The van der Waals surface area contributed by atoms with E-state index in [1.54, 1.807) is 7.05 Å². The van der Waals surface area contributed by atoms with Crippen LogP contribution in [0.4, 0.5) is 11.9 Å². The fourth-order valence-electron chi connectivity index (χ4n) is 1.64. The molecule has 0 amide bonds. The molecule has 0 saturated heterocycles. The molecule has 0 spiro atoms. The molecule has 2 N–H and O–H groups in total. The van der Waals surface area contributed by atoms with Crippen LogP contribution in [0.5, 0.6) is 6.01 Å². The van der Waals surface area contributed by atoms with Gasteiger partial charge in [-0.3, -0.25) is 0 Å². The van der Waals surface area contributed by atoms with Gasteiger partial charge in [-0.2, -0.15) is 15.0 Å². The van der Waals surface area contributed by atoms with Crippen molar-refractivity contribution in [1.82, 2.24) is 15.0 Å². The number of rotatable bonds is 5. The molecular weight excluding hydrogens is 242 g/mol. The van der Waals surface area contributed by atoms with E-state index in [1.165, 1.54) is 7.11 Å². The third kappa shape index (κ3) is 3.31. The predicted molar refractivity (Wildman–Crippen MR) is 74.4 cm³/mol. The van der Waals surface area contributed by atoms with Crippen LogP contribution >= 0.6 is 0 Å². The largest absolute Gasteiger partial charge is 0.467 e. The maximum Gasteiger partial charge on any atom is 0.322 e. The zero-order valence-corrected chi connectivity index (χ0v) is 11.2. The second-order valence-corrected chi connectivity index (χ2v) is 4.00. The van der Waals surface area contributed by atoms with Gasteiger partial charge >= 0.3 is 6.01 Å². The molecule has 0 fully saturated rings. The number of hydrogen-bond donors (Lipinski definition) is 2. The van der Waals surface area contributed by atoms with Crippen molar-refractivity contribution in [1.29, 1.82) is 0 Å². The first-order chi connectivity index (χ1) is 9.22. The number of nitrogens with zero attached hydrogens (tertiary/aromatic N) is 3. The molecule has 1 unspecified atom stereocenters. The van der Waals surface area contributed by atoms with Gasteiger partial charge in [0.1, 0.15) is 0 Å². The molecule has 1 heterocycles. The number of ether oxygens (including phenoxy) is 1. The van der Waals surface area contributed by atoms with Crippen LogP contribution in [-0.4, -0.2) is 29.1 Å². The Morgan fingerprint density at radius 3 is 2.37 bits per heavy atom. The number of methoxy groups -OCH3 is 1. The van der Waals surface area contributed by atoms with Gasteiger partial charge < -0.3 is 15.4 Å². The summed E-state index contributed by atoms with van der Waals surface area (Å²) in [5.41, 5.74) is 1.16. The second kappa shape index (κ2) is 5.99. The van der Waals surface area contributed by atoms with E-state index in [1.807, 2.05) is 25.1 Å². The first kappa shape index (κ1) is 13.1. The van der Waals surface area contributed by atoms with Crippen LogP contribution in [0.15, 0.2) is 30.3 Å². The molecule has 100 valence electrons. The van der Waals surface area contributed by atoms with Gasteiger partial charge in [0.2, 0.25) is 11.9 Å². The minimum absolute atomic E-state index is 0.0954. The van der Waals surface area contributed by atoms with Gasteiger partial charge in [-0.15, -0.1) is 0 Å². The van der Waals surface area contributed by atoms with Gasteiger partial charge in [0.05, 0.1) is 13.2 Å². The van der Waals surface area contributed by atoms with E-state index in [9.17, 15) is 0 Å². The van der Waals surface area contributed by atoms with Crippen molar-refractivity contribution in [3.05, 3.63) is 35.9 Å². The molecule has 1 aromatic heterocycles. The van der Waals surface area contributed by atoms with Gasteiger partial charge in [-0.05, 0) is 12.5 Å². The minimum Gasteiger partial charge on any atom is -0.467 e. The average molecular weight is 259 g/mol. The standard InChI is InChI=1S/C13H17N5O/c1-9(10-7-5-4-6-8-10)15-12-16-11(14-2)17-13(18-12)19-3/h4-9H,1-3H3,(H2,14,15,16,17,18). The first-order valence-corrected chi connectivity index (χ1v) is 6.02. The molecule has 1 aromatic carbocycles. The van der Waals surface area contributed by atoms with E-state index in [4.69, 9.17) is 4.74 Å². The summed E-state index contributed by atoms with van der Waals surface area (Å²) in [5, 5.41) is 6.10. The summed E-state index contributed by atoms with van der Waals surface area (Å²) < 4.78 is 5.04. The SMILES string of the molecule is CNc1nc(NC(C)c2ccccc2)nc(OC)n1. The molecule has 0 aliphatic carbocycles. The molecule has 0 radical (unpaired) electrons. The lowest BCUT2D eigenvalue weighted by Crippen LogP contribution is -2.12. The van der Waals surface area contributed by atoms with Crippen LogP contribution in [0.1, 0.15) is 18.5 Å². The molecule has 0 aliphatic rings. The molecular formula is C13H17N5O. The Morgan fingerprint density at radius 1 is 1.05 bits per heavy atom. The minimum atomic E-state index is 0.0954. The van der Waals surface area contributed by atoms with Crippen molar-refractivity contribution in [2.45, 2.75) is 13.0 Å². The highest BCUT2D eigenvalue weighted by atomic mass is 16.5. The Morgan fingerprint density at radius 2 is 1.74 bits per heavy atom. The molecule has 0 aliphatic heterocycles. The van der Waals surface area contributed by atoms with Crippen LogP contribution < -0.4 is 15.4 Å². The van der Waals surface area contributed by atoms with Crippen molar-refractivity contribution < 1.29 is 4.74 Å². The number of aromatic nitrogens is 3. The van der Waals surface area contributed by atoms with E-state index < -0.39 is 0 Å². The van der Waals surface area contributed by atoms with E-state index in [0.29, 0.717) is 11.9 Å². The predicted octanol–water partition coefficient (Wildman–Crippen LogP) is 2.09. The summed E-state index contributed by atoms with van der Waals surface area (Å²) in [7, 11) is 3.28. The average Bonchev–Trinajstić information content (AvgIpc) is 2.47. The lowest BCUT2D eigenvalue weighted by Gasteiger charge is -2.14. The smallest absolute Gasteiger partial charge is 0.322 e. The van der Waals surface area contributed by atoms with E-state index in [2.05, 4.69) is 37.7 Å². The van der Waals surface area contributed by atoms with Gasteiger partial charge in [0, 0.05) is 7.05 Å². The lowest BCUT2D eigenvalue weighted by atomic mass is 10.1. The van der Waals surface area contributed by atoms with Crippen LogP contribution in [0.3, 0.4) is 0 Å². The second-order valence-electron chi connectivity index (χ2n) is 4.00. The quantitative estimate of drug-likeness (QED) is 0.856. The van der Waals surface area contributed by atoms with Gasteiger partial charge in [0.25, 0.3) is 0 Å². The Hall–Kier alpha value is -2.37. The Labute approximate surface area is 112 Å². The van der Waals surface area contributed by atoms with Gasteiger partial charge in [-0.1, -0.05) is 30.3 Å². The lowest BCUT2D eigenvalue weighted by molar-refractivity contribution is 0.379.